The van der Waals surface area contributed by atoms with Crippen molar-refractivity contribution in [1.29, 1.82) is 0 Å². The minimum Gasteiger partial charge on any atom is -0.475 e. The fourth-order valence-electron chi connectivity index (χ4n) is 2.62. The Morgan fingerprint density at radius 1 is 1.19 bits per heavy atom. The van der Waals surface area contributed by atoms with Crippen molar-refractivity contribution in [2.24, 2.45) is 0 Å². The van der Waals surface area contributed by atoms with Crippen LogP contribution in [0.4, 0.5) is 5.69 Å². The maximum absolute atomic E-state index is 11.9. The smallest absolute Gasteiger partial charge is 0.260 e. The van der Waals surface area contributed by atoms with E-state index < -0.39 is 0 Å². The quantitative estimate of drug-likeness (QED) is 0.458. The maximum atomic E-state index is 11.9. The number of nitrogens with one attached hydrogen (secondary N) is 2. The van der Waals surface area contributed by atoms with Gasteiger partial charge in [-0.1, -0.05) is 29.8 Å². The molecule has 0 saturated carbocycles. The predicted molar refractivity (Wildman–Crippen MR) is 110 cm³/mol. The Labute approximate surface area is 163 Å². The summed E-state index contributed by atoms with van der Waals surface area (Å²) < 4.78 is 5.82. The van der Waals surface area contributed by atoms with Crippen molar-refractivity contribution in [2.75, 3.05) is 11.9 Å². The van der Waals surface area contributed by atoms with Crippen LogP contribution in [0.25, 0.3) is 0 Å². The van der Waals surface area contributed by atoms with Crippen LogP contribution < -0.4 is 21.1 Å². The fourth-order valence-corrected chi connectivity index (χ4v) is 2.74. The zero-order valence-corrected chi connectivity index (χ0v) is 15.8. The molecule has 0 bridgehead atoms. The molecule has 0 amide bonds. The normalized spacial score (nSPS) is 10.6. The zero-order chi connectivity index (χ0) is 19.1. The Morgan fingerprint density at radius 2 is 2.00 bits per heavy atom. The van der Waals surface area contributed by atoms with E-state index in [-0.39, 0.29) is 5.56 Å². The number of benzene rings is 1. The average Bonchev–Trinajstić information content (AvgIpc) is 2.69. The molecule has 2 N–H and O–H groups in total. The summed E-state index contributed by atoms with van der Waals surface area (Å²) in [5.41, 5.74) is 3.11. The van der Waals surface area contributed by atoms with Crippen molar-refractivity contribution in [3.63, 3.8) is 0 Å². The van der Waals surface area contributed by atoms with E-state index in [9.17, 15) is 4.79 Å². The van der Waals surface area contributed by atoms with Gasteiger partial charge in [0.05, 0.1) is 12.3 Å². The highest BCUT2D eigenvalue weighted by molar-refractivity contribution is 6.35. The van der Waals surface area contributed by atoms with E-state index in [2.05, 4.69) is 20.5 Å². The van der Waals surface area contributed by atoms with Crippen LogP contribution in [0.3, 0.4) is 0 Å². The van der Waals surface area contributed by atoms with Gasteiger partial charge >= 0.3 is 0 Å². The molecule has 6 nitrogen and oxygen atoms in total. The SMILES string of the molecule is Bc1c(NCc2cccnc2)c(OCCCc2ccc(Cl)cc2)n[nH]c1=O. The number of anilines is 1. The summed E-state index contributed by atoms with van der Waals surface area (Å²) in [6.07, 6.45) is 5.19. The number of rotatable bonds is 8. The lowest BCUT2D eigenvalue weighted by molar-refractivity contribution is 0.297. The first kappa shape index (κ1) is 19.0. The first-order chi connectivity index (χ1) is 13.1. The molecule has 0 aliphatic heterocycles. The van der Waals surface area contributed by atoms with Gasteiger partial charge in [-0.3, -0.25) is 9.78 Å². The molecule has 8 heteroatoms. The highest BCUT2D eigenvalue weighted by Gasteiger charge is 2.12. The lowest BCUT2D eigenvalue weighted by Gasteiger charge is -2.14. The van der Waals surface area contributed by atoms with E-state index in [4.69, 9.17) is 16.3 Å². The number of hydrogen-bond acceptors (Lipinski definition) is 5. The van der Waals surface area contributed by atoms with Gasteiger partial charge in [0.25, 0.3) is 11.4 Å². The summed E-state index contributed by atoms with van der Waals surface area (Å²) in [6.45, 7) is 1.02. The predicted octanol–water partition coefficient (Wildman–Crippen LogP) is 1.70. The molecule has 1 aromatic carbocycles. The first-order valence-electron chi connectivity index (χ1n) is 8.73. The van der Waals surface area contributed by atoms with E-state index in [0.717, 1.165) is 23.4 Å². The van der Waals surface area contributed by atoms with Crippen LogP contribution in [0.1, 0.15) is 17.5 Å². The van der Waals surface area contributed by atoms with Crippen LogP contribution in [0.2, 0.25) is 5.02 Å². The van der Waals surface area contributed by atoms with Crippen molar-refractivity contribution >= 4 is 30.6 Å². The molecule has 2 aromatic heterocycles. The van der Waals surface area contributed by atoms with Gasteiger partial charge in [-0.2, -0.15) is 0 Å². The lowest BCUT2D eigenvalue weighted by atomic mass is 9.96. The van der Waals surface area contributed by atoms with E-state index in [1.807, 2.05) is 36.4 Å². The van der Waals surface area contributed by atoms with Gasteiger partial charge in [-0.15, -0.1) is 5.10 Å². The number of aromatic amines is 1. The number of pyridine rings is 1. The molecule has 0 spiro atoms. The fraction of sp³-hybridized carbons (Fsp3) is 0.211. The van der Waals surface area contributed by atoms with Crippen molar-refractivity contribution < 1.29 is 4.74 Å². The van der Waals surface area contributed by atoms with Crippen LogP contribution >= 0.6 is 11.6 Å². The second kappa shape index (κ2) is 9.23. The summed E-state index contributed by atoms with van der Waals surface area (Å²) >= 11 is 5.90. The summed E-state index contributed by atoms with van der Waals surface area (Å²) in [6, 6.07) is 11.6. The standard InChI is InChI=1S/C19H20BClN4O2/c20-16-17(23-12-14-3-1-9-22-11-14)19(25-24-18(16)26)27-10-2-4-13-5-7-15(21)8-6-13/h1,3,5-9,11H,2,4,10,12,20H2,(H2,23,24,26). The number of aromatic nitrogens is 3. The minimum absolute atomic E-state index is 0.239. The first-order valence-corrected chi connectivity index (χ1v) is 9.10. The molecule has 2 heterocycles. The number of halogens is 1. The number of hydrogen-bond donors (Lipinski definition) is 2. The molecule has 3 aromatic rings. The van der Waals surface area contributed by atoms with E-state index in [1.54, 1.807) is 20.2 Å². The molecule has 0 unspecified atom stereocenters. The van der Waals surface area contributed by atoms with Crippen LogP contribution in [-0.2, 0) is 13.0 Å². The van der Waals surface area contributed by atoms with Crippen molar-refractivity contribution in [1.82, 2.24) is 15.2 Å². The van der Waals surface area contributed by atoms with Crippen molar-refractivity contribution in [3.8, 4) is 5.88 Å². The molecule has 0 aliphatic rings. The number of ether oxygens (including phenoxy) is 1. The zero-order valence-electron chi connectivity index (χ0n) is 15.0. The highest BCUT2D eigenvalue weighted by atomic mass is 35.5. The van der Waals surface area contributed by atoms with Gasteiger partial charge in [-0.25, -0.2) is 5.10 Å². The molecule has 0 atom stereocenters. The average molecular weight is 383 g/mol. The van der Waals surface area contributed by atoms with E-state index in [1.165, 1.54) is 5.56 Å². The minimum atomic E-state index is -0.239. The number of aryl methyl sites for hydroxylation is 1. The maximum Gasteiger partial charge on any atom is 0.260 e. The molecule has 0 radical (unpaired) electrons. The Morgan fingerprint density at radius 3 is 2.74 bits per heavy atom. The number of nitrogens with zero attached hydrogens (tertiary/aromatic N) is 2. The summed E-state index contributed by atoms with van der Waals surface area (Å²) in [5.74, 6) is 0.395. The third-order valence-electron chi connectivity index (χ3n) is 4.14. The van der Waals surface area contributed by atoms with E-state index in [0.29, 0.717) is 30.2 Å². The highest BCUT2D eigenvalue weighted by Crippen LogP contribution is 2.18. The van der Waals surface area contributed by atoms with Crippen LogP contribution in [0.15, 0.2) is 53.6 Å². The third-order valence-corrected chi connectivity index (χ3v) is 4.39. The second-order valence-electron chi connectivity index (χ2n) is 6.15. The Bertz CT molecular complexity index is 933. The Kier molecular flexibility index (Phi) is 6.49. The van der Waals surface area contributed by atoms with Crippen LogP contribution in [0.5, 0.6) is 5.88 Å². The molecule has 0 fully saturated rings. The topological polar surface area (TPSA) is 79.9 Å². The summed E-state index contributed by atoms with van der Waals surface area (Å²) in [5, 5.41) is 10.5. The largest absolute Gasteiger partial charge is 0.475 e. The van der Waals surface area contributed by atoms with Gasteiger partial charge in [0.2, 0.25) is 0 Å². The van der Waals surface area contributed by atoms with Crippen molar-refractivity contribution in [3.05, 3.63) is 75.3 Å². The van der Waals surface area contributed by atoms with Gasteiger partial charge in [0, 0.05) is 29.4 Å². The lowest BCUT2D eigenvalue weighted by Crippen LogP contribution is -2.32. The number of H-pyrrole nitrogens is 1. The van der Waals surface area contributed by atoms with Gasteiger partial charge in [0.1, 0.15) is 7.85 Å². The molecule has 27 heavy (non-hydrogen) atoms. The van der Waals surface area contributed by atoms with Crippen LogP contribution in [-0.4, -0.2) is 29.6 Å². The van der Waals surface area contributed by atoms with Crippen LogP contribution in [0, 0.1) is 0 Å². The van der Waals surface area contributed by atoms with E-state index >= 15 is 0 Å². The Hall–Kier alpha value is -2.80. The molecule has 0 saturated heterocycles. The monoisotopic (exact) mass is 382 g/mol. The summed E-state index contributed by atoms with van der Waals surface area (Å²) in [7, 11) is 1.74. The molecule has 138 valence electrons. The van der Waals surface area contributed by atoms with Gasteiger partial charge < -0.3 is 10.1 Å². The molecular formula is C19H20BClN4O2. The Balaban J connectivity index is 1.61. The second-order valence-corrected chi connectivity index (χ2v) is 6.59. The van der Waals surface area contributed by atoms with Gasteiger partial charge in [0.15, 0.2) is 0 Å². The van der Waals surface area contributed by atoms with Gasteiger partial charge in [-0.05, 0) is 42.2 Å². The summed E-state index contributed by atoms with van der Waals surface area (Å²) in [4.78, 5) is 16.0. The third kappa shape index (κ3) is 5.34. The molecular weight excluding hydrogens is 363 g/mol. The van der Waals surface area contributed by atoms with Crippen molar-refractivity contribution in [2.45, 2.75) is 19.4 Å². The molecule has 0 aliphatic carbocycles. The molecule has 3 rings (SSSR count).